The zero-order valence-electron chi connectivity index (χ0n) is 17.5. The van der Waals surface area contributed by atoms with Crippen LogP contribution in [0.3, 0.4) is 0 Å². The van der Waals surface area contributed by atoms with E-state index in [0.717, 1.165) is 10.6 Å². The van der Waals surface area contributed by atoms with Crippen molar-refractivity contribution in [1.82, 2.24) is 0 Å². The van der Waals surface area contributed by atoms with Gasteiger partial charge in [-0.1, -0.05) is 12.1 Å². The standard InChI is InChI=1S/C21H26N2O6S/c1-5-28-19-10-8-7-9-18(19)23(30(4,26)27)14-20(24)22-17-12-11-16(13-15(17)3)21(25)29-6-2/h7-13H,5-6,14H2,1-4H3,(H,22,24). The van der Waals surface area contributed by atoms with Gasteiger partial charge < -0.3 is 14.8 Å². The van der Waals surface area contributed by atoms with E-state index in [1.807, 2.05) is 0 Å². The van der Waals surface area contributed by atoms with E-state index in [1.54, 1.807) is 63.2 Å². The Morgan fingerprint density at radius 3 is 2.37 bits per heavy atom. The number of rotatable bonds is 9. The van der Waals surface area contributed by atoms with E-state index in [2.05, 4.69) is 5.32 Å². The monoisotopic (exact) mass is 434 g/mol. The Hall–Kier alpha value is -3.07. The van der Waals surface area contributed by atoms with Gasteiger partial charge >= 0.3 is 5.97 Å². The largest absolute Gasteiger partial charge is 0.492 e. The second-order valence-corrected chi connectivity index (χ2v) is 8.38. The molecule has 0 saturated carbocycles. The molecule has 8 nitrogen and oxygen atoms in total. The summed E-state index contributed by atoms with van der Waals surface area (Å²) in [5.41, 5.74) is 1.77. The number of sulfonamides is 1. The smallest absolute Gasteiger partial charge is 0.338 e. The lowest BCUT2D eigenvalue weighted by Gasteiger charge is -2.24. The lowest BCUT2D eigenvalue weighted by Crippen LogP contribution is -2.37. The molecule has 0 atom stereocenters. The minimum atomic E-state index is -3.75. The third-order valence-corrected chi connectivity index (χ3v) is 5.26. The zero-order chi connectivity index (χ0) is 22.3. The molecule has 0 fully saturated rings. The maximum atomic E-state index is 12.6. The normalized spacial score (nSPS) is 10.9. The molecule has 0 spiro atoms. The van der Waals surface area contributed by atoms with Crippen LogP contribution in [0, 0.1) is 6.92 Å². The van der Waals surface area contributed by atoms with Crippen LogP contribution >= 0.6 is 0 Å². The summed E-state index contributed by atoms with van der Waals surface area (Å²) in [5, 5.41) is 2.69. The SMILES string of the molecule is CCOC(=O)c1ccc(NC(=O)CN(c2ccccc2OCC)S(C)(=O)=O)c(C)c1. The minimum absolute atomic E-state index is 0.265. The average Bonchev–Trinajstić information content (AvgIpc) is 2.68. The molecule has 1 N–H and O–H groups in total. The minimum Gasteiger partial charge on any atom is -0.492 e. The van der Waals surface area contributed by atoms with Crippen molar-refractivity contribution in [3.8, 4) is 5.75 Å². The molecular formula is C21H26N2O6S. The van der Waals surface area contributed by atoms with Crippen molar-refractivity contribution < 1.29 is 27.5 Å². The Labute approximate surface area is 176 Å². The van der Waals surface area contributed by atoms with Gasteiger partial charge in [0.15, 0.2) is 0 Å². The summed E-state index contributed by atoms with van der Waals surface area (Å²) in [6, 6.07) is 11.4. The van der Waals surface area contributed by atoms with Crippen LogP contribution in [0.2, 0.25) is 0 Å². The van der Waals surface area contributed by atoms with Crippen LogP contribution in [0.5, 0.6) is 5.75 Å². The first kappa shape index (κ1) is 23.2. The molecule has 2 aromatic carbocycles. The summed E-state index contributed by atoms with van der Waals surface area (Å²) in [5.74, 6) is -0.610. The number of carbonyl (C=O) groups is 2. The summed E-state index contributed by atoms with van der Waals surface area (Å²) in [6.45, 7) is 5.43. The van der Waals surface area contributed by atoms with Gasteiger partial charge in [-0.15, -0.1) is 0 Å². The van der Waals surface area contributed by atoms with Crippen molar-refractivity contribution in [2.45, 2.75) is 20.8 Å². The van der Waals surface area contributed by atoms with Crippen molar-refractivity contribution in [1.29, 1.82) is 0 Å². The molecule has 2 aromatic rings. The van der Waals surface area contributed by atoms with Gasteiger partial charge in [0.2, 0.25) is 15.9 Å². The van der Waals surface area contributed by atoms with Crippen LogP contribution in [-0.4, -0.2) is 46.3 Å². The van der Waals surface area contributed by atoms with E-state index in [-0.39, 0.29) is 12.3 Å². The summed E-state index contributed by atoms with van der Waals surface area (Å²) in [7, 11) is -3.75. The first-order valence-corrected chi connectivity index (χ1v) is 11.3. The molecule has 0 unspecified atom stereocenters. The molecule has 0 aromatic heterocycles. The van der Waals surface area contributed by atoms with E-state index < -0.39 is 28.4 Å². The molecule has 9 heteroatoms. The van der Waals surface area contributed by atoms with E-state index in [4.69, 9.17) is 9.47 Å². The highest BCUT2D eigenvalue weighted by atomic mass is 32.2. The quantitative estimate of drug-likeness (QED) is 0.609. The second-order valence-electron chi connectivity index (χ2n) is 6.47. The number of hydrogen-bond acceptors (Lipinski definition) is 6. The van der Waals surface area contributed by atoms with Gasteiger partial charge in [0.1, 0.15) is 12.3 Å². The van der Waals surface area contributed by atoms with Crippen molar-refractivity contribution >= 4 is 33.3 Å². The van der Waals surface area contributed by atoms with Crippen molar-refractivity contribution in [3.63, 3.8) is 0 Å². The number of nitrogens with zero attached hydrogens (tertiary/aromatic N) is 1. The Morgan fingerprint density at radius 1 is 1.07 bits per heavy atom. The van der Waals surface area contributed by atoms with Crippen molar-refractivity contribution in [3.05, 3.63) is 53.6 Å². The van der Waals surface area contributed by atoms with Gasteiger partial charge in [-0.25, -0.2) is 13.2 Å². The number of hydrogen-bond donors (Lipinski definition) is 1. The molecule has 0 bridgehead atoms. The molecule has 2 rings (SSSR count). The van der Waals surface area contributed by atoms with Crippen LogP contribution in [0.1, 0.15) is 29.8 Å². The van der Waals surface area contributed by atoms with Gasteiger partial charge in [0.25, 0.3) is 0 Å². The molecule has 162 valence electrons. The number of nitrogens with one attached hydrogen (secondary N) is 1. The topological polar surface area (TPSA) is 102 Å². The van der Waals surface area contributed by atoms with E-state index >= 15 is 0 Å². The van der Waals surface area contributed by atoms with Crippen LogP contribution in [0.4, 0.5) is 11.4 Å². The number of esters is 1. The van der Waals surface area contributed by atoms with Crippen LogP contribution < -0.4 is 14.4 Å². The number of benzene rings is 2. The summed E-state index contributed by atoms with van der Waals surface area (Å²) < 4.78 is 36.2. The predicted molar refractivity (Wildman–Crippen MR) is 116 cm³/mol. The van der Waals surface area contributed by atoms with Gasteiger partial charge in [0.05, 0.1) is 30.7 Å². The first-order chi connectivity index (χ1) is 14.2. The molecule has 1 amide bonds. The third-order valence-electron chi connectivity index (χ3n) is 4.13. The number of anilines is 2. The second kappa shape index (κ2) is 10.1. The van der Waals surface area contributed by atoms with Crippen LogP contribution in [0.15, 0.2) is 42.5 Å². The molecule has 0 aliphatic heterocycles. The molecule has 0 radical (unpaired) electrons. The summed E-state index contributed by atoms with van der Waals surface area (Å²) >= 11 is 0. The van der Waals surface area contributed by atoms with Crippen molar-refractivity contribution in [2.24, 2.45) is 0 Å². The number of carbonyl (C=O) groups excluding carboxylic acids is 2. The van der Waals surface area contributed by atoms with Crippen LogP contribution in [-0.2, 0) is 19.6 Å². The fraction of sp³-hybridized carbons (Fsp3) is 0.333. The zero-order valence-corrected chi connectivity index (χ0v) is 18.3. The van der Waals surface area contributed by atoms with Gasteiger partial charge in [-0.2, -0.15) is 0 Å². The maximum absolute atomic E-state index is 12.6. The third kappa shape index (κ3) is 5.96. The maximum Gasteiger partial charge on any atom is 0.338 e. The predicted octanol–water partition coefficient (Wildman–Crippen LogP) is 2.98. The number of amides is 1. The number of ether oxygens (including phenoxy) is 2. The fourth-order valence-electron chi connectivity index (χ4n) is 2.79. The van der Waals surface area contributed by atoms with Gasteiger partial charge in [-0.05, 0) is 56.7 Å². The Bertz CT molecular complexity index is 1020. The van der Waals surface area contributed by atoms with E-state index in [0.29, 0.717) is 29.2 Å². The van der Waals surface area contributed by atoms with E-state index in [1.165, 1.54) is 0 Å². The number of aryl methyl sites for hydroxylation is 1. The highest BCUT2D eigenvalue weighted by molar-refractivity contribution is 7.92. The number of para-hydroxylation sites is 2. The Morgan fingerprint density at radius 2 is 1.77 bits per heavy atom. The average molecular weight is 435 g/mol. The Kier molecular flexibility index (Phi) is 7.82. The van der Waals surface area contributed by atoms with Crippen LogP contribution in [0.25, 0.3) is 0 Å². The molecule has 0 heterocycles. The van der Waals surface area contributed by atoms with Gasteiger partial charge in [-0.3, -0.25) is 9.10 Å². The van der Waals surface area contributed by atoms with Crippen molar-refractivity contribution in [2.75, 3.05) is 35.6 Å². The molecular weight excluding hydrogens is 408 g/mol. The lowest BCUT2D eigenvalue weighted by molar-refractivity contribution is -0.114. The van der Waals surface area contributed by atoms with E-state index in [9.17, 15) is 18.0 Å². The van der Waals surface area contributed by atoms with Gasteiger partial charge in [0, 0.05) is 5.69 Å². The molecule has 30 heavy (non-hydrogen) atoms. The summed E-state index contributed by atoms with van der Waals surface area (Å²) in [6.07, 6.45) is 1.03. The summed E-state index contributed by atoms with van der Waals surface area (Å²) in [4.78, 5) is 24.5. The highest BCUT2D eigenvalue weighted by Crippen LogP contribution is 2.30. The highest BCUT2D eigenvalue weighted by Gasteiger charge is 2.24. The molecule has 0 saturated heterocycles. The fourth-order valence-corrected chi connectivity index (χ4v) is 3.65. The lowest BCUT2D eigenvalue weighted by atomic mass is 10.1. The molecule has 0 aliphatic carbocycles. The molecule has 0 aliphatic rings. The Balaban J connectivity index is 2.23. The first-order valence-electron chi connectivity index (χ1n) is 9.44.